The average Bonchev–Trinajstić information content (AvgIpc) is 3.60. The van der Waals surface area contributed by atoms with Crippen LogP contribution in [0.25, 0.3) is 0 Å². The van der Waals surface area contributed by atoms with E-state index in [1.54, 1.807) is 0 Å². The molecule has 1 aromatic rings. The molecular weight excluding hydrogens is 525 g/mol. The summed E-state index contributed by atoms with van der Waals surface area (Å²) in [5.74, 6) is 2.32. The standard InChI is InChI=1S/C34H46BN3O4/c1-31(2)32(3,4)42-35(41-31)23-6-8-27-28(14-23)38(26-15-25(16-26)37-20-21-5-7-24(37)13-21)30(40)34(27)9-11-36(12-10-34)29(39)33-17-22(18-33)19-33/h6,8,14,21-22,24-26H,5,7,9-13,15-20H2,1-4H3/t21-,22?,24+,25-,26+,33?/m0/s1. The van der Waals surface area contributed by atoms with Crippen LogP contribution in [-0.2, 0) is 24.3 Å². The van der Waals surface area contributed by atoms with E-state index in [1.165, 1.54) is 25.8 Å². The van der Waals surface area contributed by atoms with Crippen LogP contribution >= 0.6 is 0 Å². The van der Waals surface area contributed by atoms with E-state index < -0.39 is 23.7 Å². The van der Waals surface area contributed by atoms with Gasteiger partial charge in [-0.05, 0) is 121 Å². The van der Waals surface area contributed by atoms with Crippen LogP contribution in [0.3, 0.4) is 0 Å². The molecule has 42 heavy (non-hydrogen) atoms. The van der Waals surface area contributed by atoms with Gasteiger partial charge in [0.2, 0.25) is 11.8 Å². The van der Waals surface area contributed by atoms with E-state index in [4.69, 9.17) is 9.31 Å². The molecule has 7 nitrogen and oxygen atoms in total. The van der Waals surface area contributed by atoms with E-state index in [-0.39, 0.29) is 17.4 Å². The van der Waals surface area contributed by atoms with Crippen molar-refractivity contribution in [1.29, 1.82) is 0 Å². The highest BCUT2D eigenvalue weighted by Crippen LogP contribution is 2.65. The second kappa shape index (κ2) is 8.42. The van der Waals surface area contributed by atoms with Gasteiger partial charge in [0.25, 0.3) is 0 Å². The van der Waals surface area contributed by atoms with E-state index in [0.717, 1.165) is 79.5 Å². The number of likely N-dealkylation sites (tertiary alicyclic amines) is 2. The topological polar surface area (TPSA) is 62.3 Å². The Morgan fingerprint density at radius 3 is 2.14 bits per heavy atom. The van der Waals surface area contributed by atoms with Crippen molar-refractivity contribution in [3.63, 3.8) is 0 Å². The maximum atomic E-state index is 14.7. The number of carbonyl (C=O) groups excluding carboxylic acids is 2. The Balaban J connectivity index is 1.00. The molecule has 1 spiro atoms. The summed E-state index contributed by atoms with van der Waals surface area (Å²) in [5, 5.41) is 0. The fourth-order valence-electron chi connectivity index (χ4n) is 10.2. The molecule has 8 fully saturated rings. The number of fused-ring (bicyclic) bond motifs is 4. The summed E-state index contributed by atoms with van der Waals surface area (Å²) >= 11 is 0. The maximum Gasteiger partial charge on any atom is 0.494 e. The lowest BCUT2D eigenvalue weighted by Crippen LogP contribution is -2.63. The number of hydrogen-bond donors (Lipinski definition) is 0. The average molecular weight is 572 g/mol. The summed E-state index contributed by atoms with van der Waals surface area (Å²) in [4.78, 5) is 35.1. The molecular formula is C34H46BN3O4. The maximum absolute atomic E-state index is 14.7. The number of anilines is 1. The number of nitrogens with zero attached hydrogens (tertiary/aromatic N) is 3. The minimum Gasteiger partial charge on any atom is -0.399 e. The van der Waals surface area contributed by atoms with Gasteiger partial charge in [0, 0.05) is 43.4 Å². The summed E-state index contributed by atoms with van der Waals surface area (Å²) in [7, 11) is -0.449. The van der Waals surface area contributed by atoms with E-state index in [0.29, 0.717) is 25.0 Å². The van der Waals surface area contributed by atoms with Gasteiger partial charge in [-0.3, -0.25) is 14.5 Å². The van der Waals surface area contributed by atoms with Gasteiger partial charge in [0.1, 0.15) is 0 Å². The second-order valence-corrected chi connectivity index (χ2v) is 16.5. The fourth-order valence-corrected chi connectivity index (χ4v) is 10.2. The molecule has 1 aromatic carbocycles. The molecule has 0 aromatic heterocycles. The Morgan fingerprint density at radius 1 is 0.881 bits per heavy atom. The number of carbonyl (C=O) groups is 2. The quantitative estimate of drug-likeness (QED) is 0.512. The minimum absolute atomic E-state index is 0.0491. The van der Waals surface area contributed by atoms with Gasteiger partial charge < -0.3 is 19.1 Å². The van der Waals surface area contributed by atoms with Crippen molar-refractivity contribution in [3.8, 4) is 0 Å². The van der Waals surface area contributed by atoms with Crippen molar-refractivity contribution in [2.45, 2.75) is 127 Å². The van der Waals surface area contributed by atoms with Crippen LogP contribution in [0.1, 0.15) is 97.5 Å². The van der Waals surface area contributed by atoms with E-state index in [1.807, 2.05) is 0 Å². The molecule has 4 heterocycles. The first-order valence-electron chi connectivity index (χ1n) is 16.9. The van der Waals surface area contributed by atoms with Crippen LogP contribution in [0.4, 0.5) is 5.69 Å². The molecule has 5 saturated carbocycles. The van der Waals surface area contributed by atoms with Gasteiger partial charge in [0.15, 0.2) is 0 Å². The molecule has 4 aliphatic heterocycles. The lowest BCUT2D eigenvalue weighted by molar-refractivity contribution is -0.178. The van der Waals surface area contributed by atoms with E-state index in [2.05, 4.69) is 60.6 Å². The molecule has 8 heteroatoms. The van der Waals surface area contributed by atoms with E-state index in [9.17, 15) is 9.59 Å². The Hall–Kier alpha value is -1.90. The fraction of sp³-hybridized carbons (Fsp3) is 0.765. The number of benzene rings is 1. The van der Waals surface area contributed by atoms with Crippen LogP contribution in [0, 0.1) is 17.3 Å². The number of amides is 2. The third kappa shape index (κ3) is 3.41. The minimum atomic E-state index is -0.530. The Labute approximate surface area is 250 Å². The molecule has 2 atom stereocenters. The van der Waals surface area contributed by atoms with Gasteiger partial charge in [-0.1, -0.05) is 12.1 Å². The van der Waals surface area contributed by atoms with Crippen LogP contribution in [0.2, 0.25) is 0 Å². The molecule has 4 bridgehead atoms. The molecule has 9 aliphatic rings. The first-order valence-corrected chi connectivity index (χ1v) is 16.9. The summed E-state index contributed by atoms with van der Waals surface area (Å²) in [6.07, 6.45) is 11.0. The predicted octanol–water partition coefficient (Wildman–Crippen LogP) is 4.01. The van der Waals surface area contributed by atoms with Crippen LogP contribution in [0.5, 0.6) is 0 Å². The lowest BCUT2D eigenvalue weighted by Gasteiger charge is -2.61. The van der Waals surface area contributed by atoms with Gasteiger partial charge in [0.05, 0.1) is 22.0 Å². The first-order chi connectivity index (χ1) is 20.0. The number of hydrogen-bond acceptors (Lipinski definition) is 5. The van der Waals surface area contributed by atoms with Crippen LogP contribution in [0.15, 0.2) is 18.2 Å². The zero-order valence-corrected chi connectivity index (χ0v) is 25.9. The largest absolute Gasteiger partial charge is 0.494 e. The molecule has 0 radical (unpaired) electrons. The van der Waals surface area contributed by atoms with Gasteiger partial charge in [-0.25, -0.2) is 0 Å². The predicted molar refractivity (Wildman–Crippen MR) is 162 cm³/mol. The normalized spacial score (nSPS) is 40.2. The van der Waals surface area contributed by atoms with Crippen molar-refractivity contribution in [1.82, 2.24) is 9.80 Å². The Kier molecular flexibility index (Phi) is 5.31. The van der Waals surface area contributed by atoms with Crippen molar-refractivity contribution < 1.29 is 18.9 Å². The van der Waals surface area contributed by atoms with Crippen LogP contribution in [-0.4, -0.2) is 77.7 Å². The highest BCUT2D eigenvalue weighted by atomic mass is 16.7. The summed E-state index contributed by atoms with van der Waals surface area (Å²) in [6.45, 7) is 11.0. The second-order valence-electron chi connectivity index (χ2n) is 16.5. The molecule has 0 N–H and O–H groups in total. The zero-order valence-electron chi connectivity index (χ0n) is 25.9. The van der Waals surface area contributed by atoms with Gasteiger partial charge >= 0.3 is 7.12 Å². The molecule has 224 valence electrons. The van der Waals surface area contributed by atoms with Crippen molar-refractivity contribution in [2.75, 3.05) is 24.5 Å². The Morgan fingerprint density at radius 2 is 1.57 bits per heavy atom. The molecule has 2 amide bonds. The Bertz CT molecular complexity index is 1330. The summed E-state index contributed by atoms with van der Waals surface area (Å²) in [6, 6.07) is 8.15. The van der Waals surface area contributed by atoms with E-state index >= 15 is 0 Å². The number of rotatable bonds is 4. The summed E-state index contributed by atoms with van der Waals surface area (Å²) in [5.41, 5.74) is 1.81. The first kappa shape index (κ1) is 26.5. The SMILES string of the molecule is CC1(C)OB(c2ccc3c(c2)N([C@H]2C[C@@H](N4C[C@H]5CC[C@@H]4C5)C2)C(=O)C32CCN(C(=O)C34CC(C3)C4)CC2)OC1(C)C. The zero-order chi connectivity index (χ0) is 28.8. The number of piperidine rings is 2. The van der Waals surface area contributed by atoms with Crippen molar-refractivity contribution >= 4 is 30.1 Å². The van der Waals surface area contributed by atoms with Crippen molar-refractivity contribution in [3.05, 3.63) is 23.8 Å². The smallest absolute Gasteiger partial charge is 0.399 e. The highest BCUT2D eigenvalue weighted by Gasteiger charge is 2.64. The van der Waals surface area contributed by atoms with Gasteiger partial charge in [-0.2, -0.15) is 0 Å². The monoisotopic (exact) mass is 571 g/mol. The third-order valence-electron chi connectivity index (χ3n) is 13.7. The molecule has 10 rings (SSSR count). The summed E-state index contributed by atoms with van der Waals surface area (Å²) < 4.78 is 12.9. The lowest BCUT2D eigenvalue weighted by atomic mass is 9.44. The van der Waals surface area contributed by atoms with Crippen LogP contribution < -0.4 is 10.4 Å². The van der Waals surface area contributed by atoms with Gasteiger partial charge in [-0.15, -0.1) is 0 Å². The van der Waals surface area contributed by atoms with Crippen molar-refractivity contribution in [2.24, 2.45) is 17.3 Å². The molecule has 5 aliphatic carbocycles. The molecule has 0 unspecified atom stereocenters. The highest BCUT2D eigenvalue weighted by molar-refractivity contribution is 6.62. The molecule has 3 saturated heterocycles. The third-order valence-corrected chi connectivity index (χ3v) is 13.7.